The highest BCUT2D eigenvalue weighted by Crippen LogP contribution is 2.58. The van der Waals surface area contributed by atoms with E-state index in [1.165, 1.54) is 0 Å². The molecule has 8 heteroatoms. The van der Waals surface area contributed by atoms with Gasteiger partial charge < -0.3 is 14.4 Å². The number of esters is 1. The normalized spacial score (nSPS) is 28.7. The number of imide groups is 1. The number of para-hydroxylation sites is 1. The van der Waals surface area contributed by atoms with Gasteiger partial charge in [-0.3, -0.25) is 9.59 Å². The Balaban J connectivity index is 1.69. The molecular formula is C23H21ClN2O5. The van der Waals surface area contributed by atoms with Crippen LogP contribution in [0.5, 0.6) is 5.75 Å². The minimum atomic E-state index is -1.40. The minimum absolute atomic E-state index is 0.181. The zero-order chi connectivity index (χ0) is 21.9. The van der Waals surface area contributed by atoms with Crippen LogP contribution in [0.25, 0.3) is 0 Å². The fourth-order valence-electron chi connectivity index (χ4n) is 5.28. The van der Waals surface area contributed by atoms with Crippen LogP contribution in [0, 0.1) is 11.8 Å². The number of urea groups is 1. The lowest BCUT2D eigenvalue weighted by molar-refractivity contribution is -0.154. The van der Waals surface area contributed by atoms with E-state index in [4.69, 9.17) is 21.1 Å². The van der Waals surface area contributed by atoms with Crippen molar-refractivity contribution in [2.24, 2.45) is 11.8 Å². The predicted molar refractivity (Wildman–Crippen MR) is 113 cm³/mol. The van der Waals surface area contributed by atoms with Crippen molar-refractivity contribution in [3.63, 3.8) is 0 Å². The molecule has 0 aliphatic carbocycles. The van der Waals surface area contributed by atoms with Crippen molar-refractivity contribution < 1.29 is 23.9 Å². The van der Waals surface area contributed by atoms with E-state index in [9.17, 15) is 14.4 Å². The molecule has 0 aromatic heterocycles. The first kappa shape index (κ1) is 19.9. The van der Waals surface area contributed by atoms with Crippen LogP contribution >= 0.6 is 11.6 Å². The lowest BCUT2D eigenvalue weighted by atomic mass is 9.77. The number of rotatable bonds is 3. The highest BCUT2D eigenvalue weighted by atomic mass is 35.5. The van der Waals surface area contributed by atoms with Crippen molar-refractivity contribution in [1.82, 2.24) is 4.90 Å². The van der Waals surface area contributed by atoms with Crippen LogP contribution < -0.4 is 9.64 Å². The molecule has 2 fully saturated rings. The highest BCUT2D eigenvalue weighted by molar-refractivity contribution is 6.31. The van der Waals surface area contributed by atoms with Gasteiger partial charge in [0.1, 0.15) is 11.3 Å². The third-order valence-corrected chi connectivity index (χ3v) is 6.76. The van der Waals surface area contributed by atoms with E-state index in [2.05, 4.69) is 0 Å². The largest absolute Gasteiger partial charge is 0.493 e. The molecule has 3 aliphatic heterocycles. The Morgan fingerprint density at radius 3 is 2.74 bits per heavy atom. The molecule has 2 aromatic rings. The van der Waals surface area contributed by atoms with E-state index >= 15 is 0 Å². The number of anilines is 1. The predicted octanol–water partition coefficient (Wildman–Crippen LogP) is 3.81. The maximum absolute atomic E-state index is 13.8. The first-order valence-electron chi connectivity index (χ1n) is 10.2. The summed E-state index contributed by atoms with van der Waals surface area (Å²) in [6.45, 7) is 3.77. The monoisotopic (exact) mass is 440 g/mol. The van der Waals surface area contributed by atoms with Crippen molar-refractivity contribution in [2.75, 3.05) is 18.1 Å². The van der Waals surface area contributed by atoms with E-state index < -0.39 is 41.3 Å². The van der Waals surface area contributed by atoms with Crippen molar-refractivity contribution in [3.05, 3.63) is 59.1 Å². The number of carbonyl (C=O) groups excluding carboxylic acids is 3. The number of fused-ring (bicyclic) bond motifs is 5. The van der Waals surface area contributed by atoms with Crippen molar-refractivity contribution >= 4 is 35.2 Å². The first-order chi connectivity index (χ1) is 14.9. The Morgan fingerprint density at radius 1 is 1.23 bits per heavy atom. The van der Waals surface area contributed by atoms with E-state index in [0.717, 1.165) is 10.5 Å². The molecule has 5 rings (SSSR count). The summed E-state index contributed by atoms with van der Waals surface area (Å²) in [6.07, 6.45) is 0. The molecule has 2 aromatic carbocycles. The molecule has 0 radical (unpaired) electrons. The molecule has 0 N–H and O–H groups in total. The fourth-order valence-corrected chi connectivity index (χ4v) is 5.47. The number of halogens is 1. The topological polar surface area (TPSA) is 76.2 Å². The smallest absolute Gasteiger partial charge is 0.332 e. The molecule has 2 saturated heterocycles. The summed E-state index contributed by atoms with van der Waals surface area (Å²) >= 11 is 6.12. The van der Waals surface area contributed by atoms with Gasteiger partial charge in [0.05, 0.1) is 30.9 Å². The minimum Gasteiger partial charge on any atom is -0.493 e. The third kappa shape index (κ3) is 2.62. The van der Waals surface area contributed by atoms with E-state index in [1.54, 1.807) is 43.0 Å². The Bertz CT molecular complexity index is 1100. The van der Waals surface area contributed by atoms with Crippen molar-refractivity contribution in [2.45, 2.75) is 25.4 Å². The molecule has 3 heterocycles. The van der Waals surface area contributed by atoms with Gasteiger partial charge in [-0.1, -0.05) is 35.9 Å². The number of nitrogens with zero attached hydrogens (tertiary/aromatic N) is 2. The molecule has 0 spiro atoms. The summed E-state index contributed by atoms with van der Waals surface area (Å²) < 4.78 is 11.3. The molecule has 3 aliphatic rings. The Kier molecular flexibility index (Phi) is 4.48. The van der Waals surface area contributed by atoms with Crippen LogP contribution in [0.15, 0.2) is 48.5 Å². The molecule has 0 bridgehead atoms. The summed E-state index contributed by atoms with van der Waals surface area (Å²) in [6, 6.07) is 13.0. The summed E-state index contributed by atoms with van der Waals surface area (Å²) in [5, 5.41) is 0.409. The van der Waals surface area contributed by atoms with Gasteiger partial charge in [0, 0.05) is 16.5 Å². The molecule has 160 valence electrons. The molecular weight excluding hydrogens is 420 g/mol. The van der Waals surface area contributed by atoms with Gasteiger partial charge in [-0.25, -0.2) is 9.69 Å². The molecule has 3 amide bonds. The third-order valence-electron chi connectivity index (χ3n) is 6.53. The number of hydrogen-bond donors (Lipinski definition) is 0. The molecule has 7 nitrogen and oxygen atoms in total. The second-order valence-corrected chi connectivity index (χ2v) is 8.54. The summed E-state index contributed by atoms with van der Waals surface area (Å²) in [5.41, 5.74) is -0.245. The summed E-state index contributed by atoms with van der Waals surface area (Å²) in [5.74, 6) is -1.57. The van der Waals surface area contributed by atoms with Crippen LogP contribution in [0.1, 0.15) is 25.5 Å². The lowest BCUT2D eigenvalue weighted by Crippen LogP contribution is -2.51. The molecule has 31 heavy (non-hydrogen) atoms. The second kappa shape index (κ2) is 6.99. The molecule has 0 saturated carbocycles. The van der Waals surface area contributed by atoms with E-state index in [-0.39, 0.29) is 13.2 Å². The first-order valence-corrected chi connectivity index (χ1v) is 10.6. The van der Waals surface area contributed by atoms with Gasteiger partial charge in [0.25, 0.3) is 5.91 Å². The zero-order valence-electron chi connectivity index (χ0n) is 17.1. The van der Waals surface area contributed by atoms with E-state index in [0.29, 0.717) is 16.5 Å². The Morgan fingerprint density at radius 2 is 2.00 bits per heavy atom. The highest BCUT2D eigenvalue weighted by Gasteiger charge is 2.72. The van der Waals surface area contributed by atoms with Gasteiger partial charge in [0.15, 0.2) is 0 Å². The zero-order valence-corrected chi connectivity index (χ0v) is 17.8. The van der Waals surface area contributed by atoms with Crippen molar-refractivity contribution in [3.8, 4) is 5.75 Å². The van der Waals surface area contributed by atoms with Gasteiger partial charge >= 0.3 is 12.0 Å². The van der Waals surface area contributed by atoms with Crippen LogP contribution in [0.3, 0.4) is 0 Å². The second-order valence-electron chi connectivity index (χ2n) is 8.11. The van der Waals surface area contributed by atoms with Crippen LogP contribution in [-0.4, -0.2) is 41.6 Å². The average molecular weight is 441 g/mol. The summed E-state index contributed by atoms with van der Waals surface area (Å²) in [4.78, 5) is 43.2. The lowest BCUT2D eigenvalue weighted by Gasteiger charge is -2.34. The Labute approximate surface area is 184 Å². The van der Waals surface area contributed by atoms with E-state index in [1.807, 2.05) is 24.3 Å². The van der Waals surface area contributed by atoms with Gasteiger partial charge in [0.2, 0.25) is 0 Å². The quantitative estimate of drug-likeness (QED) is 0.536. The SMILES string of the molecule is CCOC(=O)[C@@H]1[C@H]2COc3ccccc3[C@@H]2N2C(=O)N(c3cccc(Cl)c3)C(=O)[C@]12C. The Hall–Kier alpha value is -3.06. The molecule has 0 unspecified atom stereocenters. The van der Waals surface area contributed by atoms with Crippen LogP contribution in [-0.2, 0) is 14.3 Å². The van der Waals surface area contributed by atoms with Crippen LogP contribution in [0.4, 0.5) is 10.5 Å². The number of amides is 3. The number of benzene rings is 2. The number of carbonyl (C=O) groups is 3. The van der Waals surface area contributed by atoms with Crippen LogP contribution in [0.2, 0.25) is 5.02 Å². The fraction of sp³-hybridized carbons (Fsp3) is 0.348. The average Bonchev–Trinajstić information content (AvgIpc) is 3.13. The number of ether oxygens (including phenoxy) is 2. The van der Waals surface area contributed by atoms with Gasteiger partial charge in [-0.2, -0.15) is 0 Å². The van der Waals surface area contributed by atoms with Crippen molar-refractivity contribution in [1.29, 1.82) is 0 Å². The maximum atomic E-state index is 13.8. The maximum Gasteiger partial charge on any atom is 0.332 e. The standard InChI is InChI=1S/C23H21ClN2O5/c1-3-30-20(27)18-16-12-31-17-10-5-4-9-15(17)19(16)26-22(29)25(21(28)23(18,26)2)14-8-6-7-13(24)11-14/h4-11,16,18-19H,3,12H2,1-2H3/t16-,18+,19+,23+/m1/s1. The molecule has 4 atom stereocenters. The number of hydrogen-bond acceptors (Lipinski definition) is 5. The summed E-state index contributed by atoms with van der Waals surface area (Å²) in [7, 11) is 0. The van der Waals surface area contributed by atoms with Gasteiger partial charge in [-0.15, -0.1) is 0 Å². The van der Waals surface area contributed by atoms with Gasteiger partial charge in [-0.05, 0) is 38.1 Å².